The second-order valence-corrected chi connectivity index (χ2v) is 6.29. The van der Waals surface area contributed by atoms with Crippen molar-refractivity contribution in [3.8, 4) is 0 Å². The molecule has 0 unspecified atom stereocenters. The van der Waals surface area contributed by atoms with E-state index in [2.05, 4.69) is 6.92 Å². The zero-order valence-electron chi connectivity index (χ0n) is 12.6. The van der Waals surface area contributed by atoms with Crippen molar-refractivity contribution < 1.29 is 9.90 Å². The molecule has 1 amide bonds. The number of piperidine rings is 1. The van der Waals surface area contributed by atoms with Crippen molar-refractivity contribution >= 4 is 28.3 Å². The molecule has 2 aromatic carbocycles. The molecule has 3 rings (SSSR count). The van der Waals surface area contributed by atoms with Crippen LogP contribution in [0, 0.1) is 0 Å². The molecule has 0 aromatic heterocycles. The van der Waals surface area contributed by atoms with Gasteiger partial charge in [-0.3, -0.25) is 4.79 Å². The highest BCUT2D eigenvalue weighted by Gasteiger charge is 2.30. The van der Waals surface area contributed by atoms with Crippen LogP contribution in [0.2, 0.25) is 5.02 Å². The normalized spacial score (nSPS) is 22.0. The van der Waals surface area contributed by atoms with Crippen molar-refractivity contribution in [1.82, 2.24) is 4.90 Å². The fraction of sp³-hybridized carbons (Fsp3) is 0.389. The van der Waals surface area contributed by atoms with Gasteiger partial charge in [0.25, 0.3) is 5.91 Å². The van der Waals surface area contributed by atoms with Crippen LogP contribution >= 0.6 is 11.6 Å². The molecule has 3 nitrogen and oxygen atoms in total. The fourth-order valence-corrected chi connectivity index (χ4v) is 3.53. The monoisotopic (exact) mass is 317 g/mol. The maximum absolute atomic E-state index is 13.0. The van der Waals surface area contributed by atoms with Crippen LogP contribution < -0.4 is 0 Å². The predicted octanol–water partition coefficient (Wildman–Crippen LogP) is 3.87. The van der Waals surface area contributed by atoms with Gasteiger partial charge in [0.1, 0.15) is 0 Å². The van der Waals surface area contributed by atoms with Gasteiger partial charge < -0.3 is 10.0 Å². The van der Waals surface area contributed by atoms with Crippen molar-refractivity contribution in [2.24, 2.45) is 0 Å². The minimum atomic E-state index is -0.295. The fourth-order valence-electron chi connectivity index (χ4n) is 3.30. The van der Waals surface area contributed by atoms with Crippen molar-refractivity contribution in [2.45, 2.75) is 38.3 Å². The molecule has 0 spiro atoms. The molecule has 2 aromatic rings. The maximum Gasteiger partial charge on any atom is 0.254 e. The van der Waals surface area contributed by atoms with Crippen molar-refractivity contribution in [3.63, 3.8) is 0 Å². The lowest BCUT2D eigenvalue weighted by Gasteiger charge is -2.37. The first-order chi connectivity index (χ1) is 10.6. The van der Waals surface area contributed by atoms with Gasteiger partial charge in [-0.1, -0.05) is 42.8 Å². The zero-order chi connectivity index (χ0) is 15.7. The lowest BCUT2D eigenvalue weighted by molar-refractivity contribution is 0.0316. The van der Waals surface area contributed by atoms with Gasteiger partial charge in [0.05, 0.1) is 6.10 Å². The predicted molar refractivity (Wildman–Crippen MR) is 89.3 cm³/mol. The Morgan fingerprint density at radius 2 is 2.00 bits per heavy atom. The van der Waals surface area contributed by atoms with Gasteiger partial charge in [-0.25, -0.2) is 0 Å². The van der Waals surface area contributed by atoms with Crippen molar-refractivity contribution in [3.05, 3.63) is 47.0 Å². The summed E-state index contributed by atoms with van der Waals surface area (Å²) in [6, 6.07) is 11.4. The summed E-state index contributed by atoms with van der Waals surface area (Å²) >= 11 is 6.24. The van der Waals surface area contributed by atoms with Crippen molar-refractivity contribution in [1.29, 1.82) is 0 Å². The number of fused-ring (bicyclic) bond motifs is 1. The summed E-state index contributed by atoms with van der Waals surface area (Å²) in [6.45, 7) is 2.67. The Balaban J connectivity index is 2.00. The SMILES string of the molecule is CC[C@H]1C[C@@H](O)CCN1C(=O)c1cccc2c(Cl)cccc12. The smallest absolute Gasteiger partial charge is 0.254 e. The van der Waals surface area contributed by atoms with E-state index in [9.17, 15) is 9.90 Å². The highest BCUT2D eigenvalue weighted by molar-refractivity contribution is 6.36. The van der Waals surface area contributed by atoms with Crippen LogP contribution in [-0.4, -0.2) is 34.6 Å². The zero-order valence-corrected chi connectivity index (χ0v) is 13.4. The Hall–Kier alpha value is -1.58. The molecule has 1 N–H and O–H groups in total. The second kappa shape index (κ2) is 6.27. The first kappa shape index (κ1) is 15.3. The largest absolute Gasteiger partial charge is 0.393 e. The molecule has 0 bridgehead atoms. The van der Waals surface area contributed by atoms with E-state index in [0.29, 0.717) is 30.0 Å². The first-order valence-electron chi connectivity index (χ1n) is 7.78. The Kier molecular flexibility index (Phi) is 4.37. The number of hydrogen-bond donors (Lipinski definition) is 1. The molecule has 0 aliphatic carbocycles. The van der Waals surface area contributed by atoms with E-state index in [1.807, 2.05) is 41.3 Å². The minimum absolute atomic E-state index is 0.0339. The number of carbonyl (C=O) groups is 1. The molecule has 1 aliphatic heterocycles. The van der Waals surface area contributed by atoms with E-state index < -0.39 is 0 Å². The van der Waals surface area contributed by atoms with Crippen LogP contribution in [0.3, 0.4) is 0 Å². The molecule has 0 radical (unpaired) electrons. The van der Waals surface area contributed by atoms with Gasteiger partial charge in [0.2, 0.25) is 0 Å². The molecule has 2 atom stereocenters. The van der Waals surface area contributed by atoms with Crippen LogP contribution in [0.1, 0.15) is 36.5 Å². The quantitative estimate of drug-likeness (QED) is 0.913. The highest BCUT2D eigenvalue weighted by atomic mass is 35.5. The third kappa shape index (κ3) is 2.71. The molecule has 116 valence electrons. The summed E-state index contributed by atoms with van der Waals surface area (Å²) in [5.74, 6) is 0.0339. The lowest BCUT2D eigenvalue weighted by Crippen LogP contribution is -2.47. The lowest BCUT2D eigenvalue weighted by atomic mass is 9.95. The summed E-state index contributed by atoms with van der Waals surface area (Å²) in [7, 11) is 0. The standard InChI is InChI=1S/C18H20ClNO2/c1-2-12-11-13(21)9-10-20(12)18(22)16-7-3-6-15-14(16)5-4-8-17(15)19/h3-8,12-13,21H,2,9-11H2,1H3/t12-,13-/m0/s1. The number of nitrogens with zero attached hydrogens (tertiary/aromatic N) is 1. The van der Waals surface area contributed by atoms with E-state index in [1.165, 1.54) is 0 Å². The summed E-state index contributed by atoms with van der Waals surface area (Å²) in [5, 5.41) is 12.3. The van der Waals surface area contributed by atoms with Crippen LogP contribution in [-0.2, 0) is 0 Å². The molecular formula is C18H20ClNO2. The topological polar surface area (TPSA) is 40.5 Å². The molecule has 1 heterocycles. The molecule has 1 aliphatic rings. The maximum atomic E-state index is 13.0. The summed E-state index contributed by atoms with van der Waals surface area (Å²) in [5.41, 5.74) is 0.690. The Bertz CT molecular complexity index is 701. The number of amides is 1. The minimum Gasteiger partial charge on any atom is -0.393 e. The van der Waals surface area contributed by atoms with E-state index in [1.54, 1.807) is 0 Å². The van der Waals surface area contributed by atoms with Crippen LogP contribution in [0.5, 0.6) is 0 Å². The Labute approximate surface area is 135 Å². The molecule has 1 saturated heterocycles. The Morgan fingerprint density at radius 3 is 2.77 bits per heavy atom. The van der Waals surface area contributed by atoms with E-state index in [4.69, 9.17) is 11.6 Å². The molecular weight excluding hydrogens is 298 g/mol. The van der Waals surface area contributed by atoms with Crippen LogP contribution in [0.25, 0.3) is 10.8 Å². The number of rotatable bonds is 2. The van der Waals surface area contributed by atoms with Gasteiger partial charge in [0, 0.05) is 28.6 Å². The van der Waals surface area contributed by atoms with Crippen LogP contribution in [0.15, 0.2) is 36.4 Å². The Morgan fingerprint density at radius 1 is 1.27 bits per heavy atom. The second-order valence-electron chi connectivity index (χ2n) is 5.88. The van der Waals surface area contributed by atoms with E-state index in [0.717, 1.165) is 17.2 Å². The van der Waals surface area contributed by atoms with E-state index in [-0.39, 0.29) is 18.1 Å². The van der Waals surface area contributed by atoms with Gasteiger partial charge in [0.15, 0.2) is 0 Å². The molecule has 22 heavy (non-hydrogen) atoms. The van der Waals surface area contributed by atoms with Crippen molar-refractivity contribution in [2.75, 3.05) is 6.54 Å². The van der Waals surface area contributed by atoms with E-state index >= 15 is 0 Å². The van der Waals surface area contributed by atoms with Gasteiger partial charge in [-0.2, -0.15) is 0 Å². The average Bonchev–Trinajstić information content (AvgIpc) is 2.54. The number of carbonyl (C=O) groups excluding carboxylic acids is 1. The summed E-state index contributed by atoms with van der Waals surface area (Å²) < 4.78 is 0. The van der Waals surface area contributed by atoms with Gasteiger partial charge >= 0.3 is 0 Å². The highest BCUT2D eigenvalue weighted by Crippen LogP contribution is 2.29. The number of aliphatic hydroxyl groups excluding tert-OH is 1. The number of aliphatic hydroxyl groups is 1. The third-order valence-corrected chi connectivity index (χ3v) is 4.85. The number of hydrogen-bond acceptors (Lipinski definition) is 2. The van der Waals surface area contributed by atoms with Gasteiger partial charge in [-0.05, 0) is 36.8 Å². The molecule has 4 heteroatoms. The first-order valence-corrected chi connectivity index (χ1v) is 8.16. The average molecular weight is 318 g/mol. The number of halogens is 1. The third-order valence-electron chi connectivity index (χ3n) is 4.52. The summed E-state index contributed by atoms with van der Waals surface area (Å²) in [4.78, 5) is 14.9. The van der Waals surface area contributed by atoms with Crippen LogP contribution in [0.4, 0.5) is 0 Å². The summed E-state index contributed by atoms with van der Waals surface area (Å²) in [6.07, 6.45) is 1.87. The number of likely N-dealkylation sites (tertiary alicyclic amines) is 1. The molecule has 0 saturated carbocycles. The molecule has 1 fully saturated rings. The number of benzene rings is 2. The van der Waals surface area contributed by atoms with Gasteiger partial charge in [-0.15, -0.1) is 0 Å².